The van der Waals surface area contributed by atoms with E-state index in [1.54, 1.807) is 12.3 Å². The number of nitrogens with one attached hydrogen (secondary N) is 1. The molecule has 0 bridgehead atoms. The van der Waals surface area contributed by atoms with Crippen LogP contribution in [0.4, 0.5) is 11.5 Å². The van der Waals surface area contributed by atoms with Crippen LogP contribution in [0.15, 0.2) is 16.7 Å². The van der Waals surface area contributed by atoms with Gasteiger partial charge in [-0.25, -0.2) is 4.98 Å². The van der Waals surface area contributed by atoms with Gasteiger partial charge in [-0.2, -0.15) is 0 Å². The molecule has 1 aromatic heterocycles. The lowest BCUT2D eigenvalue weighted by Crippen LogP contribution is -2.54. The lowest BCUT2D eigenvalue weighted by atomic mass is 10.2. The van der Waals surface area contributed by atoms with Gasteiger partial charge in [0.1, 0.15) is 6.04 Å². The van der Waals surface area contributed by atoms with Crippen molar-refractivity contribution in [1.29, 1.82) is 0 Å². The second kappa shape index (κ2) is 6.21. The number of hydrogen-bond acceptors (Lipinski definition) is 5. The largest absolute Gasteiger partial charge is 0.396 e. The number of rotatable bonds is 3. The first-order valence-corrected chi connectivity index (χ1v) is 6.96. The number of morpholine rings is 1. The van der Waals surface area contributed by atoms with Crippen LogP contribution in [0.25, 0.3) is 0 Å². The van der Waals surface area contributed by atoms with Gasteiger partial charge in [-0.1, -0.05) is 0 Å². The summed E-state index contributed by atoms with van der Waals surface area (Å²) in [6, 6.07) is 1.40. The molecule has 1 aliphatic rings. The van der Waals surface area contributed by atoms with Gasteiger partial charge in [0.05, 0.1) is 18.9 Å². The van der Waals surface area contributed by atoms with Gasteiger partial charge in [0.15, 0.2) is 5.82 Å². The molecule has 7 heteroatoms. The number of ether oxygens (including phenoxy) is 1. The minimum atomic E-state index is -0.385. The van der Waals surface area contributed by atoms with Gasteiger partial charge in [0, 0.05) is 23.8 Å². The van der Waals surface area contributed by atoms with E-state index in [2.05, 4.69) is 26.2 Å². The topological polar surface area (TPSA) is 80.5 Å². The number of halogens is 1. The molecule has 1 amide bonds. The molecule has 1 atom stereocenters. The molecule has 0 aromatic carbocycles. The van der Waals surface area contributed by atoms with Gasteiger partial charge in [-0.3, -0.25) is 4.79 Å². The number of nitrogens with two attached hydrogens (primary N) is 1. The van der Waals surface area contributed by atoms with Gasteiger partial charge in [0.25, 0.3) is 0 Å². The van der Waals surface area contributed by atoms with Crippen molar-refractivity contribution in [2.75, 3.05) is 36.9 Å². The van der Waals surface area contributed by atoms with E-state index < -0.39 is 0 Å². The van der Waals surface area contributed by atoms with Crippen LogP contribution in [0, 0.1) is 0 Å². The number of amides is 1. The van der Waals surface area contributed by atoms with Gasteiger partial charge in [-0.05, 0) is 28.9 Å². The predicted molar refractivity (Wildman–Crippen MR) is 77.0 cm³/mol. The molecule has 1 saturated heterocycles. The second-order valence-corrected chi connectivity index (χ2v) is 5.16. The number of nitrogen functional groups attached to an aromatic ring is 1. The number of aromatic nitrogens is 1. The minimum absolute atomic E-state index is 0.0636. The van der Waals surface area contributed by atoms with Crippen LogP contribution in [-0.4, -0.2) is 43.2 Å². The molecule has 1 fully saturated rings. The number of hydrogen-bond donors (Lipinski definition) is 2. The molecule has 1 aromatic rings. The van der Waals surface area contributed by atoms with E-state index in [-0.39, 0.29) is 11.9 Å². The zero-order valence-corrected chi connectivity index (χ0v) is 12.3. The lowest BCUT2D eigenvalue weighted by molar-refractivity contribution is -0.124. The number of anilines is 2. The Balaban J connectivity index is 2.26. The summed E-state index contributed by atoms with van der Waals surface area (Å²) >= 11 is 3.32. The summed E-state index contributed by atoms with van der Waals surface area (Å²) in [4.78, 5) is 18.3. The average molecular weight is 329 g/mol. The van der Waals surface area contributed by atoms with E-state index >= 15 is 0 Å². The third-order valence-electron chi connectivity index (χ3n) is 2.92. The highest BCUT2D eigenvalue weighted by Crippen LogP contribution is 2.26. The van der Waals surface area contributed by atoms with Gasteiger partial charge in [0.2, 0.25) is 5.91 Å². The van der Waals surface area contributed by atoms with E-state index in [0.717, 1.165) is 4.47 Å². The summed E-state index contributed by atoms with van der Waals surface area (Å²) < 4.78 is 6.20. The number of pyridine rings is 1. The van der Waals surface area contributed by atoms with Crippen LogP contribution < -0.4 is 16.0 Å². The Labute approximate surface area is 120 Å². The molecule has 0 saturated carbocycles. The van der Waals surface area contributed by atoms with Crippen molar-refractivity contribution in [1.82, 2.24) is 10.3 Å². The smallest absolute Gasteiger partial charge is 0.245 e. The van der Waals surface area contributed by atoms with E-state index in [0.29, 0.717) is 37.8 Å². The van der Waals surface area contributed by atoms with Crippen LogP contribution in [0.2, 0.25) is 0 Å². The zero-order valence-electron chi connectivity index (χ0n) is 10.7. The summed E-state index contributed by atoms with van der Waals surface area (Å²) in [7, 11) is 0. The van der Waals surface area contributed by atoms with Gasteiger partial charge < -0.3 is 20.7 Å². The molecule has 0 aliphatic carbocycles. The quantitative estimate of drug-likeness (QED) is 0.856. The Morgan fingerprint density at radius 3 is 3.21 bits per heavy atom. The van der Waals surface area contributed by atoms with Crippen molar-refractivity contribution in [2.45, 2.75) is 13.0 Å². The number of carbonyl (C=O) groups excluding carboxylic acids is 1. The first kappa shape index (κ1) is 14.1. The fourth-order valence-electron chi connectivity index (χ4n) is 2.05. The maximum atomic E-state index is 12.0. The van der Waals surface area contributed by atoms with E-state index in [1.807, 2.05) is 11.8 Å². The van der Waals surface area contributed by atoms with Crippen molar-refractivity contribution in [3.8, 4) is 0 Å². The fourth-order valence-corrected chi connectivity index (χ4v) is 2.40. The SMILES string of the molecule is CCNC(=O)C1COCCN1c1ncc(Br)cc1N. The van der Waals surface area contributed by atoms with E-state index in [9.17, 15) is 4.79 Å². The molecule has 19 heavy (non-hydrogen) atoms. The highest BCUT2D eigenvalue weighted by Gasteiger charge is 2.31. The standard InChI is InChI=1S/C12H17BrN4O2/c1-2-15-12(18)10-7-19-4-3-17(10)11-9(14)5-8(13)6-16-11/h5-6,10H,2-4,7,14H2,1H3,(H,15,18). The molecule has 3 N–H and O–H groups in total. The first-order valence-electron chi connectivity index (χ1n) is 6.16. The van der Waals surface area contributed by atoms with Crippen molar-refractivity contribution in [3.05, 3.63) is 16.7 Å². The van der Waals surface area contributed by atoms with Gasteiger partial charge >= 0.3 is 0 Å². The maximum Gasteiger partial charge on any atom is 0.245 e. The van der Waals surface area contributed by atoms with Crippen LogP contribution in [-0.2, 0) is 9.53 Å². The molecule has 0 spiro atoms. The van der Waals surface area contributed by atoms with Crippen LogP contribution in [0.3, 0.4) is 0 Å². The zero-order chi connectivity index (χ0) is 13.8. The Bertz CT molecular complexity index is 469. The van der Waals surface area contributed by atoms with Crippen LogP contribution in [0.5, 0.6) is 0 Å². The number of nitrogens with zero attached hydrogens (tertiary/aromatic N) is 2. The summed E-state index contributed by atoms with van der Waals surface area (Å²) in [5.74, 6) is 0.564. The minimum Gasteiger partial charge on any atom is -0.396 e. The second-order valence-electron chi connectivity index (χ2n) is 4.25. The van der Waals surface area contributed by atoms with Crippen molar-refractivity contribution < 1.29 is 9.53 Å². The summed E-state index contributed by atoms with van der Waals surface area (Å²) in [5, 5.41) is 2.81. The Morgan fingerprint density at radius 2 is 2.53 bits per heavy atom. The van der Waals surface area contributed by atoms with E-state index in [1.165, 1.54) is 0 Å². The summed E-state index contributed by atoms with van der Waals surface area (Å²) in [6.45, 7) is 3.99. The van der Waals surface area contributed by atoms with Crippen molar-refractivity contribution in [2.24, 2.45) is 0 Å². The summed E-state index contributed by atoms with van der Waals surface area (Å²) in [5.41, 5.74) is 6.53. The lowest BCUT2D eigenvalue weighted by Gasteiger charge is -2.35. The summed E-state index contributed by atoms with van der Waals surface area (Å²) in [6.07, 6.45) is 1.68. The molecular formula is C12H17BrN4O2. The molecule has 2 rings (SSSR count). The Morgan fingerprint density at radius 1 is 1.74 bits per heavy atom. The molecular weight excluding hydrogens is 312 g/mol. The third-order valence-corrected chi connectivity index (χ3v) is 3.35. The molecule has 1 aliphatic heterocycles. The van der Waals surface area contributed by atoms with Crippen molar-refractivity contribution >= 4 is 33.3 Å². The number of carbonyl (C=O) groups is 1. The van der Waals surface area contributed by atoms with Gasteiger partial charge in [-0.15, -0.1) is 0 Å². The molecule has 6 nitrogen and oxygen atoms in total. The predicted octanol–water partition coefficient (Wildman–Crippen LogP) is 0.768. The van der Waals surface area contributed by atoms with Crippen molar-refractivity contribution in [3.63, 3.8) is 0 Å². The van der Waals surface area contributed by atoms with E-state index in [4.69, 9.17) is 10.5 Å². The molecule has 2 heterocycles. The third kappa shape index (κ3) is 3.16. The average Bonchev–Trinajstić information content (AvgIpc) is 2.39. The normalized spacial score (nSPS) is 19.3. The maximum absolute atomic E-state index is 12.0. The van der Waals surface area contributed by atoms with Crippen LogP contribution >= 0.6 is 15.9 Å². The Hall–Kier alpha value is -1.34. The molecule has 0 radical (unpaired) electrons. The van der Waals surface area contributed by atoms with Crippen LogP contribution in [0.1, 0.15) is 6.92 Å². The number of likely N-dealkylation sites (N-methyl/N-ethyl adjacent to an activating group) is 1. The first-order chi connectivity index (χ1) is 9.13. The highest BCUT2D eigenvalue weighted by molar-refractivity contribution is 9.10. The Kier molecular flexibility index (Phi) is 4.60. The highest BCUT2D eigenvalue weighted by atomic mass is 79.9. The monoisotopic (exact) mass is 328 g/mol. The molecule has 104 valence electrons. The fraction of sp³-hybridized carbons (Fsp3) is 0.500. The molecule has 1 unspecified atom stereocenters.